The van der Waals surface area contributed by atoms with Gasteiger partial charge in [0.25, 0.3) is 0 Å². The van der Waals surface area contributed by atoms with Gasteiger partial charge >= 0.3 is 5.97 Å². The number of phenols is 2. The molecule has 0 amide bonds. The maximum absolute atomic E-state index is 12.5. The highest BCUT2D eigenvalue weighted by Crippen LogP contribution is 2.41. The number of benzene rings is 2. The van der Waals surface area contributed by atoms with Crippen LogP contribution in [0.3, 0.4) is 0 Å². The molecule has 2 fully saturated rings. The van der Waals surface area contributed by atoms with Crippen molar-refractivity contribution in [1.29, 1.82) is 0 Å². The van der Waals surface area contributed by atoms with Crippen LogP contribution in [0.1, 0.15) is 49.3 Å². The Kier molecular flexibility index (Phi) is 6.47. The van der Waals surface area contributed by atoms with E-state index in [0.717, 1.165) is 36.9 Å². The molecule has 2 N–H and O–H groups in total. The second kappa shape index (κ2) is 9.43. The number of hydrogen-bond donors (Lipinski definition) is 2. The highest BCUT2D eigenvalue weighted by Gasteiger charge is 2.39. The smallest absolute Gasteiger partial charge is 0.331 e. The van der Waals surface area contributed by atoms with Crippen molar-refractivity contribution in [3.05, 3.63) is 59.7 Å². The van der Waals surface area contributed by atoms with Crippen LogP contribution < -0.4 is 4.74 Å². The number of ether oxygens (including phenoxy) is 2. The molecule has 0 saturated carbocycles. The van der Waals surface area contributed by atoms with E-state index in [0.29, 0.717) is 18.2 Å². The van der Waals surface area contributed by atoms with Crippen molar-refractivity contribution in [2.45, 2.75) is 50.3 Å². The number of fused-ring (bicyclic) bond motifs is 1. The molecule has 0 bridgehead atoms. The van der Waals surface area contributed by atoms with Crippen LogP contribution in [-0.2, 0) is 9.53 Å². The summed E-state index contributed by atoms with van der Waals surface area (Å²) in [5.74, 6) is 0.412. The topological polar surface area (TPSA) is 79.2 Å². The van der Waals surface area contributed by atoms with Gasteiger partial charge in [-0.1, -0.05) is 24.6 Å². The number of methoxy groups -OCH3 is 1. The molecule has 2 aliphatic heterocycles. The van der Waals surface area contributed by atoms with Gasteiger partial charge in [0, 0.05) is 31.0 Å². The van der Waals surface area contributed by atoms with Crippen molar-refractivity contribution >= 4 is 12.0 Å². The Bertz CT molecular complexity index is 939. The van der Waals surface area contributed by atoms with E-state index in [4.69, 9.17) is 9.47 Å². The number of rotatable bonds is 5. The van der Waals surface area contributed by atoms with Gasteiger partial charge in [-0.3, -0.25) is 4.90 Å². The molecule has 0 aliphatic carbocycles. The van der Waals surface area contributed by atoms with E-state index in [2.05, 4.69) is 4.90 Å². The first-order valence-corrected chi connectivity index (χ1v) is 10.8. The SMILES string of the molecule is COc1ccc([C@H]2C[C@@H](OC(=O)/C=C/c3ccc(O)cc3)C[C@@H]3CCCCN32)cc1O. The fraction of sp³-hybridized carbons (Fsp3) is 0.400. The number of esters is 1. The Morgan fingerprint density at radius 2 is 1.90 bits per heavy atom. The molecule has 6 nitrogen and oxygen atoms in total. The summed E-state index contributed by atoms with van der Waals surface area (Å²) in [5.41, 5.74) is 1.84. The average Bonchev–Trinajstić information content (AvgIpc) is 2.78. The zero-order valence-corrected chi connectivity index (χ0v) is 17.7. The lowest BCUT2D eigenvalue weighted by atomic mass is 9.84. The van der Waals surface area contributed by atoms with Gasteiger partial charge in [0.05, 0.1) is 7.11 Å². The second-order valence-corrected chi connectivity index (χ2v) is 8.29. The van der Waals surface area contributed by atoms with Crippen LogP contribution in [0.25, 0.3) is 6.08 Å². The first-order chi connectivity index (χ1) is 15.0. The molecule has 2 aromatic carbocycles. The van der Waals surface area contributed by atoms with Gasteiger partial charge in [-0.2, -0.15) is 0 Å². The summed E-state index contributed by atoms with van der Waals surface area (Å²) >= 11 is 0. The van der Waals surface area contributed by atoms with Gasteiger partial charge in [-0.15, -0.1) is 0 Å². The minimum atomic E-state index is -0.362. The predicted octanol–water partition coefficient (Wildman–Crippen LogP) is 4.42. The summed E-state index contributed by atoms with van der Waals surface area (Å²) in [6.07, 6.45) is 7.92. The lowest BCUT2D eigenvalue weighted by Crippen LogP contribution is -2.49. The standard InChI is InChI=1S/C25H29NO5/c1-30-24-11-8-18(14-23(24)28)22-16-21(15-19-4-2-3-13-26(19)22)31-25(29)12-7-17-5-9-20(27)10-6-17/h5-12,14,19,21-22,27-28H,2-4,13,15-16H2,1H3/b12-7+/t19-,21-,22+/m0/s1. The van der Waals surface area contributed by atoms with Crippen LogP contribution in [0.4, 0.5) is 0 Å². The van der Waals surface area contributed by atoms with Crippen LogP contribution in [0.2, 0.25) is 0 Å². The number of phenolic OH excluding ortho intramolecular Hbond substituents is 2. The zero-order valence-electron chi connectivity index (χ0n) is 17.7. The normalized spacial score (nSPS) is 24.0. The number of nitrogens with zero attached hydrogens (tertiary/aromatic N) is 1. The third kappa shape index (κ3) is 5.02. The highest BCUT2D eigenvalue weighted by atomic mass is 16.5. The van der Waals surface area contributed by atoms with Gasteiger partial charge in [-0.25, -0.2) is 4.79 Å². The largest absolute Gasteiger partial charge is 0.508 e. The van der Waals surface area contributed by atoms with Crippen LogP contribution in [0, 0.1) is 0 Å². The predicted molar refractivity (Wildman–Crippen MR) is 118 cm³/mol. The van der Waals surface area contributed by atoms with Crippen molar-refractivity contribution in [3.63, 3.8) is 0 Å². The lowest BCUT2D eigenvalue weighted by Gasteiger charge is -2.47. The Labute approximate surface area is 182 Å². The second-order valence-electron chi connectivity index (χ2n) is 8.29. The van der Waals surface area contributed by atoms with Gasteiger partial charge in [0.15, 0.2) is 11.5 Å². The minimum Gasteiger partial charge on any atom is -0.508 e. The monoisotopic (exact) mass is 423 g/mol. The van der Waals surface area contributed by atoms with Crippen molar-refractivity contribution in [2.24, 2.45) is 0 Å². The van der Waals surface area contributed by atoms with Crippen LogP contribution in [-0.4, -0.2) is 46.9 Å². The molecule has 2 aliphatic rings. The van der Waals surface area contributed by atoms with E-state index in [9.17, 15) is 15.0 Å². The van der Waals surface area contributed by atoms with Gasteiger partial charge in [0.1, 0.15) is 11.9 Å². The average molecular weight is 424 g/mol. The summed E-state index contributed by atoms with van der Waals surface area (Å²) in [7, 11) is 1.54. The summed E-state index contributed by atoms with van der Waals surface area (Å²) in [4.78, 5) is 15.0. The van der Waals surface area contributed by atoms with Crippen molar-refractivity contribution in [2.75, 3.05) is 13.7 Å². The molecule has 6 heteroatoms. The fourth-order valence-corrected chi connectivity index (χ4v) is 4.76. The van der Waals surface area contributed by atoms with Gasteiger partial charge in [0.2, 0.25) is 0 Å². The van der Waals surface area contributed by atoms with Gasteiger partial charge < -0.3 is 19.7 Å². The van der Waals surface area contributed by atoms with Crippen molar-refractivity contribution in [1.82, 2.24) is 4.90 Å². The molecule has 0 unspecified atom stereocenters. The summed E-state index contributed by atoms with van der Waals surface area (Å²) in [6.45, 7) is 1.02. The van der Waals surface area contributed by atoms with Gasteiger partial charge in [-0.05, 0) is 60.9 Å². The van der Waals surface area contributed by atoms with E-state index >= 15 is 0 Å². The lowest BCUT2D eigenvalue weighted by molar-refractivity contribution is -0.148. The van der Waals surface area contributed by atoms with E-state index in [1.165, 1.54) is 19.6 Å². The van der Waals surface area contributed by atoms with Crippen molar-refractivity contribution < 1.29 is 24.5 Å². The molecule has 4 rings (SSSR count). The molecule has 0 spiro atoms. The Morgan fingerprint density at radius 3 is 2.65 bits per heavy atom. The van der Waals surface area contributed by atoms with Crippen molar-refractivity contribution in [3.8, 4) is 17.2 Å². The van der Waals surface area contributed by atoms with Crippen LogP contribution in [0.15, 0.2) is 48.5 Å². The number of carbonyl (C=O) groups is 1. The summed E-state index contributed by atoms with van der Waals surface area (Å²) < 4.78 is 11.0. The quantitative estimate of drug-likeness (QED) is 0.547. The summed E-state index contributed by atoms with van der Waals surface area (Å²) in [5, 5.41) is 19.6. The first-order valence-electron chi connectivity index (χ1n) is 10.8. The molecule has 0 radical (unpaired) electrons. The number of piperidine rings is 2. The molecular formula is C25H29NO5. The minimum absolute atomic E-state index is 0.0923. The maximum Gasteiger partial charge on any atom is 0.331 e. The number of hydrogen-bond acceptors (Lipinski definition) is 6. The molecule has 2 aromatic rings. The van der Waals surface area contributed by atoms with E-state index < -0.39 is 0 Å². The molecule has 164 valence electrons. The summed E-state index contributed by atoms with van der Waals surface area (Å²) in [6, 6.07) is 12.7. The fourth-order valence-electron chi connectivity index (χ4n) is 4.76. The molecule has 31 heavy (non-hydrogen) atoms. The Balaban J connectivity index is 1.47. The van der Waals surface area contributed by atoms with Crippen LogP contribution in [0.5, 0.6) is 17.2 Å². The van der Waals surface area contributed by atoms with E-state index in [-0.39, 0.29) is 29.6 Å². The zero-order chi connectivity index (χ0) is 21.8. The number of carbonyl (C=O) groups excluding carboxylic acids is 1. The Morgan fingerprint density at radius 1 is 1.10 bits per heavy atom. The molecular weight excluding hydrogens is 394 g/mol. The molecule has 2 heterocycles. The maximum atomic E-state index is 12.5. The molecule has 0 aromatic heterocycles. The number of aromatic hydroxyl groups is 2. The third-order valence-electron chi connectivity index (χ3n) is 6.27. The molecule has 3 atom stereocenters. The van der Waals surface area contributed by atoms with E-state index in [1.807, 2.05) is 6.07 Å². The van der Waals surface area contributed by atoms with E-state index in [1.54, 1.807) is 42.5 Å². The Hall–Kier alpha value is -2.99. The first kappa shape index (κ1) is 21.2. The molecule has 2 saturated heterocycles. The highest BCUT2D eigenvalue weighted by molar-refractivity contribution is 5.87. The third-order valence-corrected chi connectivity index (χ3v) is 6.27. The van der Waals surface area contributed by atoms with Crippen LogP contribution >= 0.6 is 0 Å².